The van der Waals surface area contributed by atoms with Crippen molar-refractivity contribution in [2.75, 3.05) is 6.26 Å². The Kier molecular flexibility index (Phi) is 6.33. The van der Waals surface area contributed by atoms with Gasteiger partial charge in [0.25, 0.3) is 0 Å². The number of hydrogen-bond donors (Lipinski definition) is 0. The standard InChI is InChI=1S/C9H16OS/c1-4-5-6-9(11-3)7-8(2)10/h7H,4-6H2,1-3H3/b9-7-. The molecular formula is C9H16OS. The SMILES string of the molecule is CCCC/C(=C/C(C)=O)SC. The van der Waals surface area contributed by atoms with Crippen LogP contribution in [0.4, 0.5) is 0 Å². The molecule has 0 rings (SSSR count). The van der Waals surface area contributed by atoms with Crippen LogP contribution < -0.4 is 0 Å². The van der Waals surface area contributed by atoms with Gasteiger partial charge in [0, 0.05) is 0 Å². The number of carbonyl (C=O) groups excluding carboxylic acids is 1. The largest absolute Gasteiger partial charge is 0.295 e. The highest BCUT2D eigenvalue weighted by atomic mass is 32.2. The van der Waals surface area contributed by atoms with E-state index in [1.54, 1.807) is 24.8 Å². The third-order valence-corrected chi connectivity index (χ3v) is 2.25. The van der Waals surface area contributed by atoms with Gasteiger partial charge in [0.15, 0.2) is 5.78 Å². The van der Waals surface area contributed by atoms with Gasteiger partial charge in [0.1, 0.15) is 0 Å². The van der Waals surface area contributed by atoms with Gasteiger partial charge < -0.3 is 0 Å². The molecule has 64 valence electrons. The van der Waals surface area contributed by atoms with Crippen LogP contribution in [0, 0.1) is 0 Å². The minimum absolute atomic E-state index is 0.158. The van der Waals surface area contributed by atoms with Crippen molar-refractivity contribution in [3.05, 3.63) is 11.0 Å². The average Bonchev–Trinajstić information content (AvgIpc) is 1.97. The van der Waals surface area contributed by atoms with Gasteiger partial charge in [-0.1, -0.05) is 13.3 Å². The molecule has 0 aromatic rings. The lowest BCUT2D eigenvalue weighted by Crippen LogP contribution is -1.85. The normalized spacial score (nSPS) is 11.7. The molecule has 0 saturated carbocycles. The highest BCUT2D eigenvalue weighted by molar-refractivity contribution is 8.02. The lowest BCUT2D eigenvalue weighted by atomic mass is 10.2. The summed E-state index contributed by atoms with van der Waals surface area (Å²) in [5.41, 5.74) is 0. The van der Waals surface area contributed by atoms with E-state index in [1.165, 1.54) is 17.7 Å². The van der Waals surface area contributed by atoms with Crippen LogP contribution in [0.5, 0.6) is 0 Å². The molecule has 0 amide bonds. The maximum absolute atomic E-state index is 10.7. The Bertz CT molecular complexity index is 150. The number of thioether (sulfide) groups is 1. The minimum atomic E-state index is 0.158. The van der Waals surface area contributed by atoms with Crippen molar-refractivity contribution in [2.24, 2.45) is 0 Å². The predicted molar refractivity (Wildman–Crippen MR) is 51.8 cm³/mol. The van der Waals surface area contributed by atoms with E-state index in [-0.39, 0.29) is 5.78 Å². The second-order valence-corrected chi connectivity index (χ2v) is 3.46. The monoisotopic (exact) mass is 172 g/mol. The van der Waals surface area contributed by atoms with Gasteiger partial charge in [-0.2, -0.15) is 0 Å². The fraction of sp³-hybridized carbons (Fsp3) is 0.667. The van der Waals surface area contributed by atoms with Gasteiger partial charge in [-0.3, -0.25) is 4.79 Å². The van der Waals surface area contributed by atoms with Gasteiger partial charge in [0.05, 0.1) is 0 Å². The summed E-state index contributed by atoms with van der Waals surface area (Å²) in [7, 11) is 0. The Morgan fingerprint density at radius 2 is 2.18 bits per heavy atom. The third kappa shape index (κ3) is 6.17. The Morgan fingerprint density at radius 3 is 2.55 bits per heavy atom. The van der Waals surface area contributed by atoms with E-state index in [1.807, 2.05) is 6.26 Å². The van der Waals surface area contributed by atoms with Crippen LogP contribution in [0.15, 0.2) is 11.0 Å². The lowest BCUT2D eigenvalue weighted by Gasteiger charge is -2.00. The zero-order valence-corrected chi connectivity index (χ0v) is 8.33. The molecule has 2 heteroatoms. The molecule has 0 radical (unpaired) electrons. The summed E-state index contributed by atoms with van der Waals surface area (Å²) in [5.74, 6) is 0.158. The summed E-state index contributed by atoms with van der Waals surface area (Å²) in [6, 6.07) is 0. The Labute approximate surface area is 73.3 Å². The second-order valence-electron chi connectivity index (χ2n) is 2.53. The second kappa shape index (κ2) is 6.47. The molecule has 0 spiro atoms. The Morgan fingerprint density at radius 1 is 1.55 bits per heavy atom. The van der Waals surface area contributed by atoms with E-state index in [2.05, 4.69) is 6.92 Å². The van der Waals surface area contributed by atoms with Crippen molar-refractivity contribution < 1.29 is 4.79 Å². The zero-order valence-electron chi connectivity index (χ0n) is 7.52. The molecule has 0 aliphatic heterocycles. The third-order valence-electron chi connectivity index (χ3n) is 1.40. The first kappa shape index (κ1) is 10.8. The van der Waals surface area contributed by atoms with E-state index in [4.69, 9.17) is 0 Å². The Balaban J connectivity index is 3.84. The lowest BCUT2D eigenvalue weighted by molar-refractivity contribution is -0.112. The molecule has 0 saturated heterocycles. The van der Waals surface area contributed by atoms with Crippen molar-refractivity contribution >= 4 is 17.5 Å². The zero-order chi connectivity index (χ0) is 8.69. The molecule has 0 fully saturated rings. The smallest absolute Gasteiger partial charge is 0.153 e. The van der Waals surface area contributed by atoms with Gasteiger partial charge >= 0.3 is 0 Å². The average molecular weight is 172 g/mol. The van der Waals surface area contributed by atoms with E-state index < -0.39 is 0 Å². The maximum Gasteiger partial charge on any atom is 0.153 e. The van der Waals surface area contributed by atoms with Crippen LogP contribution >= 0.6 is 11.8 Å². The minimum Gasteiger partial charge on any atom is -0.295 e. The van der Waals surface area contributed by atoms with Crippen molar-refractivity contribution in [3.63, 3.8) is 0 Å². The van der Waals surface area contributed by atoms with Crippen molar-refractivity contribution in [1.82, 2.24) is 0 Å². The van der Waals surface area contributed by atoms with Crippen molar-refractivity contribution in [2.45, 2.75) is 33.1 Å². The first-order valence-corrected chi connectivity index (χ1v) is 5.18. The molecule has 0 bridgehead atoms. The van der Waals surface area contributed by atoms with Gasteiger partial charge in [-0.25, -0.2) is 0 Å². The highest BCUT2D eigenvalue weighted by Gasteiger charge is 1.95. The molecule has 0 unspecified atom stereocenters. The summed E-state index contributed by atoms with van der Waals surface area (Å²) in [6.07, 6.45) is 7.18. The first-order valence-electron chi connectivity index (χ1n) is 3.95. The van der Waals surface area contributed by atoms with Crippen LogP contribution in [0.2, 0.25) is 0 Å². The molecule has 11 heavy (non-hydrogen) atoms. The number of hydrogen-bond acceptors (Lipinski definition) is 2. The first-order chi connectivity index (χ1) is 5.20. The van der Waals surface area contributed by atoms with Crippen LogP contribution in [0.1, 0.15) is 33.1 Å². The van der Waals surface area contributed by atoms with Crippen molar-refractivity contribution in [3.8, 4) is 0 Å². The Hall–Kier alpha value is -0.240. The molecule has 0 N–H and O–H groups in total. The van der Waals surface area contributed by atoms with E-state index in [0.29, 0.717) is 0 Å². The highest BCUT2D eigenvalue weighted by Crippen LogP contribution is 2.18. The molecule has 1 nitrogen and oxygen atoms in total. The molecular weight excluding hydrogens is 156 g/mol. The van der Waals surface area contributed by atoms with E-state index >= 15 is 0 Å². The fourth-order valence-corrected chi connectivity index (χ4v) is 1.44. The molecule has 0 aliphatic rings. The molecule has 0 atom stereocenters. The number of unbranched alkanes of at least 4 members (excludes halogenated alkanes) is 1. The number of rotatable bonds is 5. The van der Waals surface area contributed by atoms with Crippen LogP contribution in [0.25, 0.3) is 0 Å². The summed E-state index contributed by atoms with van der Waals surface area (Å²) in [5, 5.41) is 0. The molecule has 0 aromatic carbocycles. The van der Waals surface area contributed by atoms with Crippen LogP contribution in [0.3, 0.4) is 0 Å². The van der Waals surface area contributed by atoms with Crippen LogP contribution in [-0.2, 0) is 4.79 Å². The fourth-order valence-electron chi connectivity index (χ4n) is 0.811. The van der Waals surface area contributed by atoms with E-state index in [9.17, 15) is 4.79 Å². The summed E-state index contributed by atoms with van der Waals surface area (Å²) in [6.45, 7) is 3.76. The van der Waals surface area contributed by atoms with Gasteiger partial charge in [-0.05, 0) is 37.0 Å². The molecule has 0 heterocycles. The number of allylic oxidation sites excluding steroid dienone is 2. The van der Waals surface area contributed by atoms with Gasteiger partial charge in [0.2, 0.25) is 0 Å². The quantitative estimate of drug-likeness (QED) is 0.593. The van der Waals surface area contributed by atoms with Gasteiger partial charge in [-0.15, -0.1) is 11.8 Å². The predicted octanol–water partition coefficient (Wildman–Crippen LogP) is 3.01. The summed E-state index contributed by atoms with van der Waals surface area (Å²) in [4.78, 5) is 11.9. The maximum atomic E-state index is 10.7. The topological polar surface area (TPSA) is 17.1 Å². The summed E-state index contributed by atoms with van der Waals surface area (Å²) < 4.78 is 0. The number of carbonyl (C=O) groups is 1. The summed E-state index contributed by atoms with van der Waals surface area (Å²) >= 11 is 1.68. The van der Waals surface area contributed by atoms with Crippen molar-refractivity contribution in [1.29, 1.82) is 0 Å². The number of ketones is 1. The van der Waals surface area contributed by atoms with Crippen LogP contribution in [-0.4, -0.2) is 12.0 Å². The molecule has 0 aliphatic carbocycles. The molecule has 0 aromatic heterocycles. The van der Waals surface area contributed by atoms with E-state index in [0.717, 1.165) is 6.42 Å².